The molecule has 2 aliphatic rings. The zero-order chi connectivity index (χ0) is 10.2. The van der Waals surface area contributed by atoms with E-state index in [-0.39, 0.29) is 17.6 Å². The summed E-state index contributed by atoms with van der Waals surface area (Å²) < 4.78 is 5.91. The molecule has 1 atom stereocenters. The van der Waals surface area contributed by atoms with E-state index >= 15 is 0 Å². The first-order valence-electron chi connectivity index (χ1n) is 5.24. The predicted octanol–water partition coefficient (Wildman–Crippen LogP) is 1.34. The monoisotopic (exact) mass is 195 g/mol. The maximum absolute atomic E-state index is 11.5. The number of nitrogens with zero attached hydrogens (tertiary/aromatic N) is 1. The molecule has 1 saturated heterocycles. The number of ether oxygens (including phenoxy) is 1. The summed E-state index contributed by atoms with van der Waals surface area (Å²) in [4.78, 5) is 13.4. The fourth-order valence-corrected chi connectivity index (χ4v) is 2.37. The van der Waals surface area contributed by atoms with E-state index in [0.717, 1.165) is 19.4 Å². The zero-order valence-electron chi connectivity index (χ0n) is 8.66. The normalized spacial score (nSPS) is 29.8. The molecule has 0 bridgehead atoms. The van der Waals surface area contributed by atoms with Gasteiger partial charge in [0, 0.05) is 6.54 Å². The number of carbonyl (C=O) groups is 1. The van der Waals surface area contributed by atoms with Crippen LogP contribution in [0.4, 0.5) is 0 Å². The Balaban J connectivity index is 2.06. The summed E-state index contributed by atoms with van der Waals surface area (Å²) in [6.45, 7) is 7.00. The van der Waals surface area contributed by atoms with Crippen LogP contribution in [0.1, 0.15) is 26.2 Å². The quantitative estimate of drug-likeness (QED) is 0.591. The van der Waals surface area contributed by atoms with Crippen molar-refractivity contribution in [3.8, 4) is 0 Å². The second kappa shape index (κ2) is 3.39. The van der Waals surface area contributed by atoms with Crippen molar-refractivity contribution in [3.05, 3.63) is 12.7 Å². The smallest absolute Gasteiger partial charge is 0.246 e. The highest BCUT2D eigenvalue weighted by molar-refractivity contribution is 5.87. The lowest BCUT2D eigenvalue weighted by molar-refractivity contribution is -0.188. The Kier molecular flexibility index (Phi) is 2.35. The van der Waals surface area contributed by atoms with Gasteiger partial charge in [0.15, 0.2) is 0 Å². The second-order valence-corrected chi connectivity index (χ2v) is 4.39. The molecule has 1 saturated carbocycles. The van der Waals surface area contributed by atoms with Gasteiger partial charge in [-0.25, -0.2) is 0 Å². The van der Waals surface area contributed by atoms with Gasteiger partial charge in [0.2, 0.25) is 5.91 Å². The third-order valence-electron chi connectivity index (χ3n) is 3.16. The van der Waals surface area contributed by atoms with Crippen molar-refractivity contribution in [3.63, 3.8) is 0 Å². The van der Waals surface area contributed by atoms with E-state index in [2.05, 4.69) is 6.58 Å². The summed E-state index contributed by atoms with van der Waals surface area (Å²) in [5.74, 6) is 0.0337. The summed E-state index contributed by atoms with van der Waals surface area (Å²) in [5.41, 5.74) is -0.0175. The fourth-order valence-electron chi connectivity index (χ4n) is 2.37. The van der Waals surface area contributed by atoms with Crippen LogP contribution in [-0.2, 0) is 9.53 Å². The number of hydrogen-bond donors (Lipinski definition) is 0. The van der Waals surface area contributed by atoms with Gasteiger partial charge in [-0.05, 0) is 32.3 Å². The molecule has 1 aliphatic carbocycles. The Bertz CT molecular complexity index is 258. The van der Waals surface area contributed by atoms with E-state index in [1.165, 1.54) is 12.5 Å². The van der Waals surface area contributed by atoms with Crippen molar-refractivity contribution in [1.82, 2.24) is 4.90 Å². The number of hydrogen-bond acceptors (Lipinski definition) is 2. The Labute approximate surface area is 84.7 Å². The molecule has 14 heavy (non-hydrogen) atoms. The molecule has 3 nitrogen and oxygen atoms in total. The van der Waals surface area contributed by atoms with Crippen LogP contribution >= 0.6 is 0 Å². The van der Waals surface area contributed by atoms with Crippen molar-refractivity contribution in [2.75, 3.05) is 13.1 Å². The van der Waals surface area contributed by atoms with E-state index < -0.39 is 0 Å². The van der Waals surface area contributed by atoms with Gasteiger partial charge in [-0.2, -0.15) is 0 Å². The average molecular weight is 195 g/mol. The van der Waals surface area contributed by atoms with Crippen molar-refractivity contribution >= 4 is 5.91 Å². The zero-order valence-corrected chi connectivity index (χ0v) is 8.66. The van der Waals surface area contributed by atoms with Crippen LogP contribution in [0, 0.1) is 0 Å². The van der Waals surface area contributed by atoms with E-state index in [0.29, 0.717) is 6.54 Å². The molecule has 0 aromatic carbocycles. The van der Waals surface area contributed by atoms with Gasteiger partial charge in [0.25, 0.3) is 0 Å². The molecule has 1 aliphatic heterocycles. The minimum atomic E-state index is -0.0175. The SMILES string of the molecule is C=CC(=O)N1CC(C)OC2(CCC2)C1. The van der Waals surface area contributed by atoms with E-state index in [1.54, 1.807) is 0 Å². The maximum atomic E-state index is 11.5. The van der Waals surface area contributed by atoms with Crippen molar-refractivity contribution < 1.29 is 9.53 Å². The van der Waals surface area contributed by atoms with Gasteiger partial charge in [-0.3, -0.25) is 4.79 Å². The highest BCUT2D eigenvalue weighted by atomic mass is 16.5. The first-order valence-corrected chi connectivity index (χ1v) is 5.24. The standard InChI is InChI=1S/C11H17NO2/c1-3-10(13)12-7-9(2)14-11(8-12)5-4-6-11/h3,9H,1,4-8H2,2H3. The highest BCUT2D eigenvalue weighted by Gasteiger charge is 2.44. The third-order valence-corrected chi connectivity index (χ3v) is 3.16. The lowest BCUT2D eigenvalue weighted by Crippen LogP contribution is -2.59. The van der Waals surface area contributed by atoms with Crippen molar-refractivity contribution in [2.45, 2.75) is 37.9 Å². The Morgan fingerprint density at radius 1 is 1.64 bits per heavy atom. The summed E-state index contributed by atoms with van der Waals surface area (Å²) in [5, 5.41) is 0. The summed E-state index contributed by atoms with van der Waals surface area (Å²) >= 11 is 0. The highest BCUT2D eigenvalue weighted by Crippen LogP contribution is 2.39. The number of amides is 1. The molecule has 78 valence electrons. The largest absolute Gasteiger partial charge is 0.368 e. The predicted molar refractivity (Wildman–Crippen MR) is 53.9 cm³/mol. The summed E-state index contributed by atoms with van der Waals surface area (Å²) in [7, 11) is 0. The van der Waals surface area contributed by atoms with Gasteiger partial charge >= 0.3 is 0 Å². The van der Waals surface area contributed by atoms with Crippen LogP contribution in [0.3, 0.4) is 0 Å². The van der Waals surface area contributed by atoms with E-state index in [9.17, 15) is 4.79 Å². The van der Waals surface area contributed by atoms with Gasteiger partial charge in [0.05, 0.1) is 18.2 Å². The Morgan fingerprint density at radius 3 is 2.86 bits per heavy atom. The first kappa shape index (κ1) is 9.71. The topological polar surface area (TPSA) is 29.5 Å². The molecule has 1 heterocycles. The summed E-state index contributed by atoms with van der Waals surface area (Å²) in [6, 6.07) is 0. The molecule has 0 aromatic heterocycles. The molecule has 1 unspecified atom stereocenters. The van der Waals surface area contributed by atoms with Crippen molar-refractivity contribution in [2.24, 2.45) is 0 Å². The van der Waals surface area contributed by atoms with Crippen LogP contribution in [0.5, 0.6) is 0 Å². The molecule has 2 fully saturated rings. The van der Waals surface area contributed by atoms with Crippen LogP contribution in [0.25, 0.3) is 0 Å². The second-order valence-electron chi connectivity index (χ2n) is 4.39. The van der Waals surface area contributed by atoms with Crippen LogP contribution < -0.4 is 0 Å². The van der Waals surface area contributed by atoms with Gasteiger partial charge in [0.1, 0.15) is 0 Å². The lowest BCUT2D eigenvalue weighted by Gasteiger charge is -2.50. The average Bonchev–Trinajstić information content (AvgIpc) is 2.13. The van der Waals surface area contributed by atoms with Gasteiger partial charge in [-0.1, -0.05) is 6.58 Å². The lowest BCUT2D eigenvalue weighted by atomic mass is 9.78. The molecule has 1 spiro atoms. The Morgan fingerprint density at radius 2 is 2.36 bits per heavy atom. The molecule has 0 N–H and O–H groups in total. The fraction of sp³-hybridized carbons (Fsp3) is 0.727. The van der Waals surface area contributed by atoms with Crippen LogP contribution in [0.15, 0.2) is 12.7 Å². The third kappa shape index (κ3) is 1.57. The molecule has 3 heteroatoms. The van der Waals surface area contributed by atoms with Crippen LogP contribution in [0.2, 0.25) is 0 Å². The van der Waals surface area contributed by atoms with Crippen LogP contribution in [-0.4, -0.2) is 35.6 Å². The minimum Gasteiger partial charge on any atom is -0.368 e. The Hall–Kier alpha value is -0.830. The molecule has 1 amide bonds. The van der Waals surface area contributed by atoms with E-state index in [4.69, 9.17) is 4.74 Å². The maximum Gasteiger partial charge on any atom is 0.246 e. The number of rotatable bonds is 1. The number of carbonyl (C=O) groups excluding carboxylic acids is 1. The molecular formula is C11H17NO2. The molecule has 0 radical (unpaired) electrons. The molecule has 0 aromatic rings. The molecule has 2 rings (SSSR count). The minimum absolute atomic E-state index is 0.0175. The van der Waals surface area contributed by atoms with Gasteiger partial charge < -0.3 is 9.64 Å². The van der Waals surface area contributed by atoms with Crippen molar-refractivity contribution in [1.29, 1.82) is 0 Å². The molecular weight excluding hydrogens is 178 g/mol. The first-order chi connectivity index (χ1) is 6.65. The van der Waals surface area contributed by atoms with E-state index in [1.807, 2.05) is 11.8 Å². The van der Waals surface area contributed by atoms with Gasteiger partial charge in [-0.15, -0.1) is 0 Å². The number of morpholine rings is 1. The summed E-state index contributed by atoms with van der Waals surface area (Å²) in [6.07, 6.45) is 4.97.